The Hall–Kier alpha value is -2.00. The highest BCUT2D eigenvalue weighted by Crippen LogP contribution is 2.19. The Labute approximate surface area is 116 Å². The summed E-state index contributed by atoms with van der Waals surface area (Å²) >= 11 is 5.87. The van der Waals surface area contributed by atoms with Crippen LogP contribution in [0.3, 0.4) is 0 Å². The second-order valence-electron chi connectivity index (χ2n) is 4.52. The van der Waals surface area contributed by atoms with Gasteiger partial charge in [0.05, 0.1) is 11.7 Å². The predicted molar refractivity (Wildman–Crippen MR) is 79.5 cm³/mol. The van der Waals surface area contributed by atoms with Gasteiger partial charge in [-0.2, -0.15) is 5.10 Å². The summed E-state index contributed by atoms with van der Waals surface area (Å²) in [6, 6.07) is 14.1. The number of aryl methyl sites for hydroxylation is 1. The highest BCUT2D eigenvalue weighted by atomic mass is 35.5. The van der Waals surface area contributed by atoms with Gasteiger partial charge in [0.1, 0.15) is 0 Å². The molecule has 0 unspecified atom stereocenters. The number of fused-ring (bicyclic) bond motifs is 1. The maximum Gasteiger partial charge on any atom is 0.0699 e. The summed E-state index contributed by atoms with van der Waals surface area (Å²) in [5.74, 6) is 0. The van der Waals surface area contributed by atoms with E-state index >= 15 is 0 Å². The first-order valence-electron chi connectivity index (χ1n) is 6.12. The summed E-state index contributed by atoms with van der Waals surface area (Å²) in [5, 5.41) is 9.56. The maximum atomic E-state index is 5.87. The highest BCUT2D eigenvalue weighted by molar-refractivity contribution is 6.30. The molecular weight excluding hydrogens is 258 g/mol. The van der Waals surface area contributed by atoms with E-state index < -0.39 is 0 Å². The van der Waals surface area contributed by atoms with Crippen molar-refractivity contribution in [3.63, 3.8) is 0 Å². The van der Waals surface area contributed by atoms with Crippen LogP contribution in [0.25, 0.3) is 10.9 Å². The van der Waals surface area contributed by atoms with Crippen molar-refractivity contribution in [2.75, 3.05) is 5.32 Å². The van der Waals surface area contributed by atoms with Crippen LogP contribution in [0.5, 0.6) is 0 Å². The lowest BCUT2D eigenvalue weighted by Gasteiger charge is -2.07. The van der Waals surface area contributed by atoms with Crippen LogP contribution in [0.1, 0.15) is 5.56 Å². The highest BCUT2D eigenvalue weighted by Gasteiger charge is 2.01. The van der Waals surface area contributed by atoms with Gasteiger partial charge in [0.2, 0.25) is 0 Å². The summed E-state index contributed by atoms with van der Waals surface area (Å²) in [6.07, 6.45) is 1.87. The van der Waals surface area contributed by atoms with Crippen molar-refractivity contribution in [1.82, 2.24) is 9.78 Å². The molecule has 0 saturated carbocycles. The number of benzene rings is 2. The van der Waals surface area contributed by atoms with Gasteiger partial charge in [-0.25, -0.2) is 0 Å². The lowest BCUT2D eigenvalue weighted by atomic mass is 10.2. The van der Waals surface area contributed by atoms with Gasteiger partial charge in [0.15, 0.2) is 0 Å². The van der Waals surface area contributed by atoms with Crippen molar-refractivity contribution in [3.05, 3.63) is 59.2 Å². The van der Waals surface area contributed by atoms with E-state index in [9.17, 15) is 0 Å². The third-order valence-electron chi connectivity index (χ3n) is 3.16. The molecule has 0 radical (unpaired) electrons. The van der Waals surface area contributed by atoms with Gasteiger partial charge in [0, 0.05) is 29.7 Å². The zero-order valence-electron chi connectivity index (χ0n) is 10.6. The van der Waals surface area contributed by atoms with Crippen LogP contribution in [0, 0.1) is 0 Å². The number of rotatable bonds is 3. The van der Waals surface area contributed by atoms with E-state index in [1.165, 1.54) is 5.56 Å². The second kappa shape index (κ2) is 4.94. The molecule has 0 aliphatic heterocycles. The molecule has 3 rings (SSSR count). The van der Waals surface area contributed by atoms with E-state index in [0.717, 1.165) is 28.2 Å². The fourth-order valence-corrected chi connectivity index (χ4v) is 2.19. The zero-order valence-corrected chi connectivity index (χ0v) is 11.4. The number of nitrogens with zero attached hydrogens (tertiary/aromatic N) is 2. The van der Waals surface area contributed by atoms with Gasteiger partial charge >= 0.3 is 0 Å². The van der Waals surface area contributed by atoms with Crippen molar-refractivity contribution in [2.24, 2.45) is 7.05 Å². The monoisotopic (exact) mass is 271 g/mol. The molecule has 4 heteroatoms. The van der Waals surface area contributed by atoms with E-state index in [1.807, 2.05) is 42.2 Å². The Balaban J connectivity index is 1.77. The molecule has 0 aliphatic rings. The summed E-state index contributed by atoms with van der Waals surface area (Å²) in [7, 11) is 1.95. The minimum atomic E-state index is 0.764. The Morgan fingerprint density at radius 3 is 2.74 bits per heavy atom. The normalized spacial score (nSPS) is 10.8. The number of aromatic nitrogens is 2. The molecule has 1 heterocycles. The molecule has 19 heavy (non-hydrogen) atoms. The van der Waals surface area contributed by atoms with Gasteiger partial charge in [0.25, 0.3) is 0 Å². The van der Waals surface area contributed by atoms with E-state index in [0.29, 0.717) is 0 Å². The van der Waals surface area contributed by atoms with Gasteiger partial charge < -0.3 is 5.32 Å². The minimum absolute atomic E-state index is 0.764. The van der Waals surface area contributed by atoms with Crippen molar-refractivity contribution in [2.45, 2.75) is 6.54 Å². The predicted octanol–water partition coefficient (Wildman–Crippen LogP) is 3.84. The Bertz CT molecular complexity index is 701. The SMILES string of the molecule is Cn1ncc2ccc(NCc3ccc(Cl)cc3)cc21. The maximum absolute atomic E-state index is 5.87. The average molecular weight is 272 g/mol. The number of anilines is 1. The standard InChI is InChI=1S/C15H14ClN3/c1-19-15-8-14(7-4-12(15)10-18-19)17-9-11-2-5-13(16)6-3-11/h2-8,10,17H,9H2,1H3. The van der Waals surface area contributed by atoms with Crippen LogP contribution >= 0.6 is 11.6 Å². The van der Waals surface area contributed by atoms with E-state index in [-0.39, 0.29) is 0 Å². The summed E-state index contributed by atoms with van der Waals surface area (Å²) < 4.78 is 1.88. The summed E-state index contributed by atoms with van der Waals surface area (Å²) in [4.78, 5) is 0. The zero-order chi connectivity index (χ0) is 13.2. The molecule has 3 nitrogen and oxygen atoms in total. The molecule has 0 saturated heterocycles. The smallest absolute Gasteiger partial charge is 0.0699 e. The second-order valence-corrected chi connectivity index (χ2v) is 4.96. The van der Waals surface area contributed by atoms with Crippen molar-refractivity contribution in [1.29, 1.82) is 0 Å². The van der Waals surface area contributed by atoms with Gasteiger partial charge in [-0.15, -0.1) is 0 Å². The molecule has 0 atom stereocenters. The van der Waals surface area contributed by atoms with Crippen LogP contribution in [0.2, 0.25) is 5.02 Å². The first-order valence-corrected chi connectivity index (χ1v) is 6.50. The van der Waals surface area contributed by atoms with Crippen LogP contribution in [0.4, 0.5) is 5.69 Å². The molecule has 0 bridgehead atoms. The van der Waals surface area contributed by atoms with Crippen molar-refractivity contribution in [3.8, 4) is 0 Å². The van der Waals surface area contributed by atoms with E-state index in [2.05, 4.69) is 28.6 Å². The fraction of sp³-hybridized carbons (Fsp3) is 0.133. The summed E-state index contributed by atoms with van der Waals surface area (Å²) in [6.45, 7) is 0.778. The number of halogens is 1. The third kappa shape index (κ3) is 2.56. The molecule has 1 N–H and O–H groups in total. The first kappa shape index (κ1) is 12.1. The molecule has 0 fully saturated rings. The Kier molecular flexibility index (Phi) is 3.13. The largest absolute Gasteiger partial charge is 0.381 e. The topological polar surface area (TPSA) is 29.9 Å². The molecule has 96 valence electrons. The van der Waals surface area contributed by atoms with Gasteiger partial charge in [-0.1, -0.05) is 23.7 Å². The Morgan fingerprint density at radius 2 is 1.95 bits per heavy atom. The quantitative estimate of drug-likeness (QED) is 0.784. The molecule has 0 spiro atoms. The number of hydrogen-bond acceptors (Lipinski definition) is 2. The molecule has 3 aromatic rings. The fourth-order valence-electron chi connectivity index (χ4n) is 2.06. The van der Waals surface area contributed by atoms with Crippen LogP contribution in [0.15, 0.2) is 48.7 Å². The molecular formula is C15H14ClN3. The average Bonchev–Trinajstić information content (AvgIpc) is 2.80. The molecule has 2 aromatic carbocycles. The van der Waals surface area contributed by atoms with Gasteiger partial charge in [-0.05, 0) is 35.9 Å². The van der Waals surface area contributed by atoms with E-state index in [4.69, 9.17) is 11.6 Å². The molecule has 0 amide bonds. The lowest BCUT2D eigenvalue weighted by Crippen LogP contribution is -1.99. The minimum Gasteiger partial charge on any atom is -0.381 e. The Morgan fingerprint density at radius 1 is 1.16 bits per heavy atom. The number of nitrogens with one attached hydrogen (secondary N) is 1. The summed E-state index contributed by atoms with van der Waals surface area (Å²) in [5.41, 5.74) is 3.42. The third-order valence-corrected chi connectivity index (χ3v) is 3.41. The van der Waals surface area contributed by atoms with E-state index in [1.54, 1.807) is 0 Å². The van der Waals surface area contributed by atoms with Crippen molar-refractivity contribution >= 4 is 28.2 Å². The van der Waals surface area contributed by atoms with Crippen molar-refractivity contribution < 1.29 is 0 Å². The van der Waals surface area contributed by atoms with Crippen LogP contribution in [-0.4, -0.2) is 9.78 Å². The lowest BCUT2D eigenvalue weighted by molar-refractivity contribution is 0.797. The van der Waals surface area contributed by atoms with Crippen LogP contribution in [-0.2, 0) is 13.6 Å². The molecule has 1 aromatic heterocycles. The number of hydrogen-bond donors (Lipinski definition) is 1. The first-order chi connectivity index (χ1) is 9.22. The van der Waals surface area contributed by atoms with Gasteiger partial charge in [-0.3, -0.25) is 4.68 Å². The molecule has 0 aliphatic carbocycles. The van der Waals surface area contributed by atoms with Crippen LogP contribution < -0.4 is 5.32 Å².